The maximum absolute atomic E-state index is 11.6. The maximum atomic E-state index is 11.6. The molecule has 0 aliphatic rings. The molecule has 0 radical (unpaired) electrons. The van der Waals surface area contributed by atoms with E-state index in [1.165, 1.54) is 7.11 Å². The highest BCUT2D eigenvalue weighted by atomic mass is 79.9. The number of methoxy groups -OCH3 is 1. The Hall–Kier alpha value is -1.33. The van der Waals surface area contributed by atoms with Crippen LogP contribution in [-0.2, 0) is 15.1 Å². The summed E-state index contributed by atoms with van der Waals surface area (Å²) < 4.78 is 11.2. The topological polar surface area (TPSA) is 65.5 Å². The zero-order chi connectivity index (χ0) is 12.6. The van der Waals surface area contributed by atoms with Crippen molar-refractivity contribution in [2.75, 3.05) is 7.11 Å². The van der Waals surface area contributed by atoms with Crippen LogP contribution in [0.3, 0.4) is 0 Å². The van der Waals surface area contributed by atoms with Gasteiger partial charge in [-0.1, -0.05) is 15.9 Å². The average Bonchev–Trinajstić information content (AvgIpc) is 2.71. The minimum Gasteiger partial charge on any atom is -0.467 e. The summed E-state index contributed by atoms with van der Waals surface area (Å²) in [7, 11) is 1.30. The molecule has 0 saturated carbocycles. The van der Waals surface area contributed by atoms with Crippen molar-refractivity contribution in [3.63, 3.8) is 0 Å². The van der Waals surface area contributed by atoms with Crippen LogP contribution in [0.4, 0.5) is 0 Å². The molecule has 90 valence electrons. The van der Waals surface area contributed by atoms with E-state index in [1.54, 1.807) is 13.0 Å². The quantitative estimate of drug-likeness (QED) is 0.865. The zero-order valence-electron chi connectivity index (χ0n) is 9.49. The van der Waals surface area contributed by atoms with Crippen LogP contribution in [0.15, 0.2) is 33.2 Å². The molecule has 0 saturated heterocycles. The smallest absolute Gasteiger partial charge is 0.333 e. The average molecular weight is 298 g/mol. The second kappa shape index (κ2) is 4.16. The Balaban J connectivity index is 2.53. The molecule has 1 aromatic carbocycles. The van der Waals surface area contributed by atoms with Gasteiger partial charge in [-0.05, 0) is 31.2 Å². The van der Waals surface area contributed by atoms with Crippen LogP contribution < -0.4 is 5.73 Å². The summed E-state index contributed by atoms with van der Waals surface area (Å²) in [5, 5.41) is 0.884. The molecule has 2 N–H and O–H groups in total. The van der Waals surface area contributed by atoms with Crippen molar-refractivity contribution in [1.29, 1.82) is 0 Å². The summed E-state index contributed by atoms with van der Waals surface area (Å²) in [6, 6.07) is 7.32. The maximum Gasteiger partial charge on any atom is 0.333 e. The van der Waals surface area contributed by atoms with Crippen molar-refractivity contribution in [1.82, 2.24) is 0 Å². The van der Waals surface area contributed by atoms with E-state index in [0.29, 0.717) is 11.3 Å². The van der Waals surface area contributed by atoms with Crippen molar-refractivity contribution in [3.8, 4) is 0 Å². The number of fused-ring (bicyclic) bond motifs is 1. The highest BCUT2D eigenvalue weighted by Gasteiger charge is 2.35. The molecule has 1 heterocycles. The Bertz CT molecular complexity index is 574. The fourth-order valence-corrected chi connectivity index (χ4v) is 1.96. The molecule has 0 aliphatic carbocycles. The van der Waals surface area contributed by atoms with Gasteiger partial charge in [0.2, 0.25) is 0 Å². The number of rotatable bonds is 2. The molecule has 0 fully saturated rings. The van der Waals surface area contributed by atoms with E-state index >= 15 is 0 Å². The summed E-state index contributed by atoms with van der Waals surface area (Å²) in [6.45, 7) is 1.56. The number of benzene rings is 1. The molecule has 1 aromatic heterocycles. The number of hydrogen-bond acceptors (Lipinski definition) is 4. The number of nitrogens with two attached hydrogens (primary N) is 1. The second-order valence-electron chi connectivity index (χ2n) is 3.99. The number of hydrogen-bond donors (Lipinski definition) is 1. The molecular formula is C12H12BrNO3. The first-order chi connectivity index (χ1) is 7.95. The molecule has 2 aromatic rings. The summed E-state index contributed by atoms with van der Waals surface area (Å²) in [5.41, 5.74) is 5.32. The van der Waals surface area contributed by atoms with E-state index in [9.17, 15) is 4.79 Å². The molecule has 4 nitrogen and oxygen atoms in total. The normalized spacial score (nSPS) is 14.6. The van der Waals surface area contributed by atoms with Crippen molar-refractivity contribution >= 4 is 32.9 Å². The number of furan rings is 1. The summed E-state index contributed by atoms with van der Waals surface area (Å²) in [6.07, 6.45) is 0. The van der Waals surface area contributed by atoms with Gasteiger partial charge in [0, 0.05) is 9.86 Å². The molecular weight excluding hydrogens is 286 g/mol. The first kappa shape index (κ1) is 12.1. The van der Waals surface area contributed by atoms with Gasteiger partial charge in [0.25, 0.3) is 0 Å². The van der Waals surface area contributed by atoms with Crippen LogP contribution >= 0.6 is 15.9 Å². The third-order valence-corrected chi connectivity index (χ3v) is 3.09. The van der Waals surface area contributed by atoms with Gasteiger partial charge in [-0.2, -0.15) is 0 Å². The second-order valence-corrected chi connectivity index (χ2v) is 4.90. The lowest BCUT2D eigenvalue weighted by Crippen LogP contribution is -2.42. The van der Waals surface area contributed by atoms with Gasteiger partial charge >= 0.3 is 5.97 Å². The summed E-state index contributed by atoms with van der Waals surface area (Å²) >= 11 is 3.37. The molecule has 2 rings (SSSR count). The van der Waals surface area contributed by atoms with E-state index in [2.05, 4.69) is 20.7 Å². The van der Waals surface area contributed by atoms with Crippen molar-refractivity contribution in [2.24, 2.45) is 5.73 Å². The number of halogens is 1. The number of carbonyl (C=O) groups is 1. The van der Waals surface area contributed by atoms with E-state index < -0.39 is 11.5 Å². The SMILES string of the molecule is COC(=O)C(C)(N)c1cc2cc(Br)ccc2o1. The van der Waals surface area contributed by atoms with Gasteiger partial charge in [0.05, 0.1) is 7.11 Å². The molecule has 1 unspecified atom stereocenters. The van der Waals surface area contributed by atoms with Crippen molar-refractivity contribution in [2.45, 2.75) is 12.5 Å². The minimum atomic E-state index is -1.28. The fraction of sp³-hybridized carbons (Fsp3) is 0.250. The standard InChI is InChI=1S/C12H12BrNO3/c1-12(14,11(15)16-2)10-6-7-5-8(13)3-4-9(7)17-10/h3-6H,14H2,1-2H3. The predicted molar refractivity (Wildman–Crippen MR) is 67.5 cm³/mol. The van der Waals surface area contributed by atoms with Gasteiger partial charge < -0.3 is 14.9 Å². The zero-order valence-corrected chi connectivity index (χ0v) is 11.1. The van der Waals surface area contributed by atoms with Gasteiger partial charge in [-0.25, -0.2) is 4.79 Å². The van der Waals surface area contributed by atoms with Gasteiger partial charge in [0.15, 0.2) is 5.54 Å². The Labute approximate surface area is 107 Å². The third-order valence-electron chi connectivity index (χ3n) is 2.60. The molecule has 5 heteroatoms. The molecule has 0 bridgehead atoms. The van der Waals surface area contributed by atoms with Crippen LogP contribution in [0.5, 0.6) is 0 Å². The molecule has 17 heavy (non-hydrogen) atoms. The van der Waals surface area contributed by atoms with E-state index in [4.69, 9.17) is 10.2 Å². The minimum absolute atomic E-state index is 0.387. The van der Waals surface area contributed by atoms with Gasteiger partial charge in [0.1, 0.15) is 11.3 Å². The summed E-state index contributed by atoms with van der Waals surface area (Å²) in [4.78, 5) is 11.6. The first-order valence-corrected chi connectivity index (χ1v) is 5.81. The lowest BCUT2D eigenvalue weighted by molar-refractivity contribution is -0.147. The highest BCUT2D eigenvalue weighted by molar-refractivity contribution is 9.10. The van der Waals surface area contributed by atoms with Crippen LogP contribution in [0.25, 0.3) is 11.0 Å². The number of esters is 1. The van der Waals surface area contributed by atoms with Crippen LogP contribution in [0, 0.1) is 0 Å². The lowest BCUT2D eigenvalue weighted by atomic mass is 10.0. The lowest BCUT2D eigenvalue weighted by Gasteiger charge is -2.18. The Morgan fingerprint density at radius 2 is 2.18 bits per heavy atom. The Morgan fingerprint density at radius 3 is 2.82 bits per heavy atom. The Morgan fingerprint density at radius 1 is 1.47 bits per heavy atom. The Kier molecular flexibility index (Phi) is 2.97. The summed E-state index contributed by atoms with van der Waals surface area (Å²) in [5.74, 6) is -0.145. The van der Waals surface area contributed by atoms with Crippen LogP contribution in [0.2, 0.25) is 0 Å². The van der Waals surface area contributed by atoms with Gasteiger partial charge in [-0.15, -0.1) is 0 Å². The molecule has 0 aliphatic heterocycles. The fourth-order valence-electron chi connectivity index (χ4n) is 1.58. The number of ether oxygens (including phenoxy) is 1. The monoisotopic (exact) mass is 297 g/mol. The third kappa shape index (κ3) is 2.08. The van der Waals surface area contributed by atoms with Crippen LogP contribution in [0.1, 0.15) is 12.7 Å². The predicted octanol–water partition coefficient (Wildman–Crippen LogP) is 2.54. The molecule has 1 atom stereocenters. The first-order valence-electron chi connectivity index (χ1n) is 5.02. The van der Waals surface area contributed by atoms with E-state index in [-0.39, 0.29) is 0 Å². The van der Waals surface area contributed by atoms with Crippen molar-refractivity contribution < 1.29 is 13.9 Å². The largest absolute Gasteiger partial charge is 0.467 e. The van der Waals surface area contributed by atoms with Crippen molar-refractivity contribution in [3.05, 3.63) is 34.5 Å². The molecule has 0 spiro atoms. The van der Waals surface area contributed by atoms with Crippen LogP contribution in [-0.4, -0.2) is 13.1 Å². The number of carbonyl (C=O) groups excluding carboxylic acids is 1. The highest BCUT2D eigenvalue weighted by Crippen LogP contribution is 2.29. The molecule has 0 amide bonds. The van der Waals surface area contributed by atoms with E-state index in [0.717, 1.165) is 9.86 Å². The van der Waals surface area contributed by atoms with E-state index in [1.807, 2.05) is 18.2 Å². The van der Waals surface area contributed by atoms with Gasteiger partial charge in [-0.3, -0.25) is 0 Å².